The van der Waals surface area contributed by atoms with Gasteiger partial charge in [0.05, 0.1) is 18.6 Å². The molecule has 0 aromatic heterocycles. The van der Waals surface area contributed by atoms with Crippen molar-refractivity contribution in [2.24, 2.45) is 0 Å². The van der Waals surface area contributed by atoms with Gasteiger partial charge < -0.3 is 14.8 Å². The van der Waals surface area contributed by atoms with E-state index in [1.807, 2.05) is 30.3 Å². The third-order valence-electron chi connectivity index (χ3n) is 4.79. The first-order valence-corrected chi connectivity index (χ1v) is 11.7. The standard InChI is InChI=1S/C24H26N2O5S/c1-4-32(28,29)26-21-12-11-20(14-17(21)2)25-24(27)19-10-13-22(23(15-19)30-3)31-16-18-8-6-5-7-9-18/h5-15,26H,4,16H2,1-3H3,(H,25,27). The van der Waals surface area contributed by atoms with Crippen molar-refractivity contribution in [2.45, 2.75) is 20.5 Å². The van der Waals surface area contributed by atoms with E-state index in [9.17, 15) is 13.2 Å². The lowest BCUT2D eigenvalue weighted by Crippen LogP contribution is -2.16. The van der Waals surface area contributed by atoms with Crippen molar-refractivity contribution in [1.82, 2.24) is 0 Å². The average Bonchev–Trinajstić information content (AvgIpc) is 2.80. The summed E-state index contributed by atoms with van der Waals surface area (Å²) in [4.78, 5) is 12.7. The van der Waals surface area contributed by atoms with Crippen LogP contribution in [-0.2, 0) is 16.6 Å². The molecule has 168 valence electrons. The zero-order valence-corrected chi connectivity index (χ0v) is 19.0. The largest absolute Gasteiger partial charge is 0.493 e. The zero-order chi connectivity index (χ0) is 23.1. The molecule has 0 saturated heterocycles. The van der Waals surface area contributed by atoms with Gasteiger partial charge in [0.2, 0.25) is 10.0 Å². The van der Waals surface area contributed by atoms with Crippen molar-refractivity contribution >= 4 is 27.3 Å². The quantitative estimate of drug-likeness (QED) is 0.493. The summed E-state index contributed by atoms with van der Waals surface area (Å²) in [6.45, 7) is 3.72. The van der Waals surface area contributed by atoms with Gasteiger partial charge >= 0.3 is 0 Å². The van der Waals surface area contributed by atoms with Crippen LogP contribution in [0.15, 0.2) is 66.7 Å². The molecule has 8 heteroatoms. The van der Waals surface area contributed by atoms with Crippen LogP contribution in [-0.4, -0.2) is 27.2 Å². The van der Waals surface area contributed by atoms with Gasteiger partial charge in [0, 0.05) is 11.3 Å². The van der Waals surface area contributed by atoms with Crippen LogP contribution in [0.4, 0.5) is 11.4 Å². The molecule has 0 spiro atoms. The molecule has 0 unspecified atom stereocenters. The van der Waals surface area contributed by atoms with Gasteiger partial charge in [0.1, 0.15) is 6.61 Å². The Labute approximate surface area is 188 Å². The highest BCUT2D eigenvalue weighted by Gasteiger charge is 2.13. The minimum Gasteiger partial charge on any atom is -0.493 e. The first-order valence-electron chi connectivity index (χ1n) is 10.1. The molecule has 0 atom stereocenters. The number of carbonyl (C=O) groups excluding carboxylic acids is 1. The van der Waals surface area contributed by atoms with Crippen LogP contribution in [0, 0.1) is 6.92 Å². The minimum atomic E-state index is -3.37. The second-order valence-corrected chi connectivity index (χ2v) is 9.14. The smallest absolute Gasteiger partial charge is 0.255 e. The third kappa shape index (κ3) is 6.01. The van der Waals surface area contributed by atoms with Crippen molar-refractivity contribution in [3.8, 4) is 11.5 Å². The van der Waals surface area contributed by atoms with Gasteiger partial charge in [-0.2, -0.15) is 0 Å². The predicted molar refractivity (Wildman–Crippen MR) is 126 cm³/mol. The van der Waals surface area contributed by atoms with Gasteiger partial charge in [0.15, 0.2) is 11.5 Å². The lowest BCUT2D eigenvalue weighted by atomic mass is 10.1. The minimum absolute atomic E-state index is 0.0161. The molecule has 3 rings (SSSR count). The van der Waals surface area contributed by atoms with E-state index in [2.05, 4.69) is 10.0 Å². The summed E-state index contributed by atoms with van der Waals surface area (Å²) in [5, 5.41) is 2.82. The van der Waals surface area contributed by atoms with Crippen LogP contribution in [0.1, 0.15) is 28.4 Å². The summed E-state index contributed by atoms with van der Waals surface area (Å²) in [6.07, 6.45) is 0. The van der Waals surface area contributed by atoms with Gasteiger partial charge in [-0.3, -0.25) is 9.52 Å². The Morgan fingerprint density at radius 2 is 1.72 bits per heavy atom. The second-order valence-electron chi connectivity index (χ2n) is 7.13. The Morgan fingerprint density at radius 1 is 0.969 bits per heavy atom. The molecule has 0 aliphatic carbocycles. The summed E-state index contributed by atoms with van der Waals surface area (Å²) in [5.74, 6) is 0.655. The molecule has 0 aliphatic heterocycles. The second kappa shape index (κ2) is 10.2. The summed E-state index contributed by atoms with van der Waals surface area (Å²) in [5.41, 5.74) is 3.16. The van der Waals surface area contributed by atoms with Crippen LogP contribution in [0.2, 0.25) is 0 Å². The summed E-state index contributed by atoms with van der Waals surface area (Å²) >= 11 is 0. The Kier molecular flexibility index (Phi) is 7.37. The van der Waals surface area contributed by atoms with Crippen molar-refractivity contribution in [2.75, 3.05) is 22.9 Å². The molecule has 1 amide bonds. The maximum atomic E-state index is 12.7. The van der Waals surface area contributed by atoms with E-state index in [0.717, 1.165) is 5.56 Å². The van der Waals surface area contributed by atoms with Crippen LogP contribution in [0.3, 0.4) is 0 Å². The average molecular weight is 455 g/mol. The van der Waals surface area contributed by atoms with Gasteiger partial charge in [-0.05, 0) is 61.4 Å². The highest BCUT2D eigenvalue weighted by molar-refractivity contribution is 7.92. The Bertz CT molecular complexity index is 1190. The fourth-order valence-electron chi connectivity index (χ4n) is 2.96. The van der Waals surface area contributed by atoms with E-state index >= 15 is 0 Å². The monoisotopic (exact) mass is 454 g/mol. The Morgan fingerprint density at radius 3 is 2.38 bits per heavy atom. The number of ether oxygens (including phenoxy) is 2. The van der Waals surface area contributed by atoms with Crippen molar-refractivity contribution < 1.29 is 22.7 Å². The highest BCUT2D eigenvalue weighted by atomic mass is 32.2. The topological polar surface area (TPSA) is 93.7 Å². The SMILES string of the molecule is CCS(=O)(=O)Nc1ccc(NC(=O)c2ccc(OCc3ccccc3)c(OC)c2)cc1C. The maximum Gasteiger partial charge on any atom is 0.255 e. The number of aryl methyl sites for hydroxylation is 1. The number of hydrogen-bond acceptors (Lipinski definition) is 5. The van der Waals surface area contributed by atoms with Gasteiger partial charge in [-0.15, -0.1) is 0 Å². The molecular weight excluding hydrogens is 428 g/mol. The molecule has 3 aromatic carbocycles. The Hall–Kier alpha value is -3.52. The van der Waals surface area contributed by atoms with Crippen LogP contribution < -0.4 is 19.5 Å². The molecule has 0 radical (unpaired) electrons. The summed E-state index contributed by atoms with van der Waals surface area (Å²) in [7, 11) is -1.85. The number of nitrogens with one attached hydrogen (secondary N) is 2. The maximum absolute atomic E-state index is 12.7. The lowest BCUT2D eigenvalue weighted by molar-refractivity contribution is 0.102. The summed E-state index contributed by atoms with van der Waals surface area (Å²) in [6, 6.07) is 19.7. The molecule has 0 aliphatic rings. The molecule has 32 heavy (non-hydrogen) atoms. The zero-order valence-electron chi connectivity index (χ0n) is 18.2. The molecule has 0 heterocycles. The predicted octanol–water partition coefficient (Wildman–Crippen LogP) is 4.60. The first kappa shape index (κ1) is 23.1. The fourth-order valence-corrected chi connectivity index (χ4v) is 3.67. The number of carbonyl (C=O) groups is 1. The highest BCUT2D eigenvalue weighted by Crippen LogP contribution is 2.29. The van der Waals surface area contributed by atoms with E-state index in [-0.39, 0.29) is 11.7 Å². The van der Waals surface area contributed by atoms with E-state index < -0.39 is 10.0 Å². The van der Waals surface area contributed by atoms with Gasteiger partial charge in [-0.25, -0.2) is 8.42 Å². The molecular formula is C24H26N2O5S. The van der Waals surface area contributed by atoms with E-state index in [1.165, 1.54) is 7.11 Å². The summed E-state index contributed by atoms with van der Waals surface area (Å²) < 4.78 is 37.3. The van der Waals surface area contributed by atoms with Crippen LogP contribution in [0.25, 0.3) is 0 Å². The number of anilines is 2. The molecule has 7 nitrogen and oxygen atoms in total. The molecule has 0 saturated carbocycles. The third-order valence-corrected chi connectivity index (χ3v) is 6.08. The van der Waals surface area contributed by atoms with Gasteiger partial charge in [-0.1, -0.05) is 30.3 Å². The van der Waals surface area contributed by atoms with Crippen molar-refractivity contribution in [3.05, 3.63) is 83.4 Å². The van der Waals surface area contributed by atoms with E-state index in [0.29, 0.717) is 40.6 Å². The van der Waals surface area contributed by atoms with E-state index in [4.69, 9.17) is 9.47 Å². The van der Waals surface area contributed by atoms with Crippen LogP contribution in [0.5, 0.6) is 11.5 Å². The number of hydrogen-bond donors (Lipinski definition) is 2. The Balaban J connectivity index is 1.70. The van der Waals surface area contributed by atoms with Crippen molar-refractivity contribution in [1.29, 1.82) is 0 Å². The molecule has 0 bridgehead atoms. The number of methoxy groups -OCH3 is 1. The van der Waals surface area contributed by atoms with Gasteiger partial charge in [0.25, 0.3) is 5.91 Å². The number of rotatable bonds is 9. The molecule has 2 N–H and O–H groups in total. The van der Waals surface area contributed by atoms with E-state index in [1.54, 1.807) is 50.2 Å². The fraction of sp³-hybridized carbons (Fsp3) is 0.208. The van der Waals surface area contributed by atoms with Crippen molar-refractivity contribution in [3.63, 3.8) is 0 Å². The lowest BCUT2D eigenvalue weighted by Gasteiger charge is -2.13. The number of amides is 1. The normalized spacial score (nSPS) is 11.0. The molecule has 3 aromatic rings. The molecule has 0 fully saturated rings. The van der Waals surface area contributed by atoms with Crippen LogP contribution >= 0.6 is 0 Å². The first-order chi connectivity index (χ1) is 15.3. The number of sulfonamides is 1. The number of benzene rings is 3.